The van der Waals surface area contributed by atoms with Gasteiger partial charge >= 0.3 is 11.7 Å². The van der Waals surface area contributed by atoms with Gasteiger partial charge in [0.1, 0.15) is 11.3 Å². The van der Waals surface area contributed by atoms with Crippen molar-refractivity contribution in [2.75, 3.05) is 23.3 Å². The molecule has 2 heterocycles. The number of carbonyl (C=O) groups is 4. The van der Waals surface area contributed by atoms with Gasteiger partial charge in [-0.05, 0) is 55.3 Å². The summed E-state index contributed by atoms with van der Waals surface area (Å²) in [5, 5.41) is 2.93. The second kappa shape index (κ2) is 26.8. The van der Waals surface area contributed by atoms with Gasteiger partial charge < -0.3 is 19.2 Å². The fourth-order valence-corrected chi connectivity index (χ4v) is 9.91. The van der Waals surface area contributed by atoms with Gasteiger partial charge in [-0.1, -0.05) is 176 Å². The summed E-state index contributed by atoms with van der Waals surface area (Å²) in [6.07, 6.45) is 17.6. The van der Waals surface area contributed by atoms with E-state index in [2.05, 4.69) is 17.0 Å². The predicted molar refractivity (Wildman–Crippen MR) is 273 cm³/mol. The number of unbranched alkanes of at least 4 members (excludes halogenated alkanes) is 15. The number of nitrogens with one attached hydrogen (secondary N) is 2. The lowest BCUT2D eigenvalue weighted by Crippen LogP contribution is -2.52. The summed E-state index contributed by atoms with van der Waals surface area (Å²) in [6.45, 7) is 3.99. The highest BCUT2D eigenvalue weighted by Crippen LogP contribution is 2.33. The summed E-state index contributed by atoms with van der Waals surface area (Å²) < 4.78 is 47.5. The third kappa shape index (κ3) is 14.5. The van der Waals surface area contributed by atoms with Crippen molar-refractivity contribution in [2.45, 2.75) is 140 Å². The number of sulfonamides is 1. The fourth-order valence-electron chi connectivity index (χ4n) is 8.57. The highest BCUT2D eigenvalue weighted by Gasteiger charge is 2.53. The van der Waals surface area contributed by atoms with Gasteiger partial charge in [0.2, 0.25) is 6.23 Å². The molecule has 5 aromatic rings. The maximum atomic E-state index is 15.0. The third-order valence-electron chi connectivity index (χ3n) is 12.3. The zero-order valence-corrected chi connectivity index (χ0v) is 41.7. The van der Waals surface area contributed by atoms with Crippen LogP contribution in [0.1, 0.15) is 133 Å². The van der Waals surface area contributed by atoms with Gasteiger partial charge in [0.15, 0.2) is 11.8 Å². The van der Waals surface area contributed by atoms with Crippen molar-refractivity contribution in [2.24, 2.45) is 0 Å². The average molecular weight is 998 g/mol. The number of Topliss-reactive ketones (excluding diaryl/α,β-unsaturated/α-hetero) is 1. The first-order chi connectivity index (χ1) is 33.9. The number of fused-ring (bicyclic) bond motifs is 1. The van der Waals surface area contributed by atoms with E-state index in [-0.39, 0.29) is 63.3 Å². The van der Waals surface area contributed by atoms with Crippen molar-refractivity contribution < 1.29 is 41.5 Å². The summed E-state index contributed by atoms with van der Waals surface area (Å²) in [6, 6.07) is 22.7. The summed E-state index contributed by atoms with van der Waals surface area (Å²) in [4.78, 5) is 73.1. The van der Waals surface area contributed by atoms with Crippen molar-refractivity contribution in [1.82, 2.24) is 9.80 Å². The lowest BCUT2D eigenvalue weighted by Gasteiger charge is -2.25. The van der Waals surface area contributed by atoms with Crippen molar-refractivity contribution in [3.8, 4) is 5.75 Å². The van der Waals surface area contributed by atoms with Crippen LogP contribution in [0.4, 0.5) is 16.2 Å². The molecule has 0 aliphatic carbocycles. The minimum atomic E-state index is -4.35. The molecule has 1 aliphatic rings. The van der Waals surface area contributed by atoms with Crippen LogP contribution in [0.15, 0.2) is 117 Å². The first kappa shape index (κ1) is 53.3. The Kier molecular flexibility index (Phi) is 20.4. The van der Waals surface area contributed by atoms with Gasteiger partial charge in [0, 0.05) is 23.6 Å². The Morgan fingerprint density at radius 3 is 1.96 bits per heavy atom. The summed E-state index contributed by atoms with van der Waals surface area (Å²) in [5.41, 5.74) is -0.583. The molecule has 0 saturated carbocycles. The molecule has 14 nitrogen and oxygen atoms in total. The van der Waals surface area contributed by atoms with E-state index >= 15 is 0 Å². The van der Waals surface area contributed by atoms with E-state index in [1.165, 1.54) is 107 Å². The van der Waals surface area contributed by atoms with Crippen LogP contribution in [0.2, 0.25) is 5.02 Å². The number of hydrogen-bond acceptors (Lipinski definition) is 10. The summed E-state index contributed by atoms with van der Waals surface area (Å²) in [5.74, 6) is -3.20. The molecular formula is C54H65ClN4O10S. The molecule has 374 valence electrons. The standard InChI is InChI=1S/C54H65ClN4O10S/c1-3-5-6-7-8-9-10-11-12-13-14-15-16-17-18-26-35-68-47-34-33-40(70(65,66)57-44-31-24-23-30-43(44)55)36-45(47)56-51(62)49(50(61)42-37-48(60)69-46-32-25-22-29-41(42)46)59-52(63)53(67-4-2)58(54(59)64)38-39-27-20-19-21-28-39/h19-25,27-34,36-37,49,53,57H,3-18,26,35,38H2,1-2H3,(H,56,62). The number of anilines is 2. The van der Waals surface area contributed by atoms with Crippen LogP contribution in [-0.4, -0.2) is 67.3 Å². The summed E-state index contributed by atoms with van der Waals surface area (Å²) >= 11 is 6.30. The Morgan fingerprint density at radius 2 is 1.31 bits per heavy atom. The van der Waals surface area contributed by atoms with Crippen LogP contribution < -0.4 is 20.4 Å². The molecule has 6 rings (SSSR count). The molecule has 0 radical (unpaired) electrons. The number of halogens is 1. The second-order valence-corrected chi connectivity index (χ2v) is 19.6. The molecule has 1 saturated heterocycles. The fraction of sp³-hybridized carbons (Fsp3) is 0.426. The van der Waals surface area contributed by atoms with Crippen molar-refractivity contribution in [3.63, 3.8) is 0 Å². The Labute approximate surface area is 416 Å². The smallest absolute Gasteiger partial charge is 0.336 e. The first-order valence-corrected chi connectivity index (χ1v) is 26.5. The van der Waals surface area contributed by atoms with Crippen LogP contribution in [0.3, 0.4) is 0 Å². The minimum Gasteiger partial charge on any atom is -0.491 e. The average Bonchev–Trinajstić information content (AvgIpc) is 3.57. The number of imide groups is 1. The second-order valence-electron chi connectivity index (χ2n) is 17.5. The monoisotopic (exact) mass is 996 g/mol. The van der Waals surface area contributed by atoms with Gasteiger partial charge in [-0.25, -0.2) is 22.9 Å². The predicted octanol–water partition coefficient (Wildman–Crippen LogP) is 11.9. The molecule has 4 amide bonds. The number of carbonyl (C=O) groups excluding carboxylic acids is 4. The number of amides is 4. The van der Waals surface area contributed by atoms with Crippen LogP contribution in [-0.2, 0) is 30.9 Å². The highest BCUT2D eigenvalue weighted by atomic mass is 35.5. The van der Waals surface area contributed by atoms with E-state index in [9.17, 15) is 32.4 Å². The molecule has 2 unspecified atom stereocenters. The number of benzene rings is 4. The van der Waals surface area contributed by atoms with Crippen molar-refractivity contribution >= 4 is 67.6 Å². The lowest BCUT2D eigenvalue weighted by molar-refractivity contribution is -0.144. The molecule has 1 fully saturated rings. The quantitative estimate of drug-likeness (QED) is 0.0148. The van der Waals surface area contributed by atoms with E-state index < -0.39 is 51.5 Å². The van der Waals surface area contributed by atoms with Crippen LogP contribution in [0.25, 0.3) is 11.0 Å². The van der Waals surface area contributed by atoms with E-state index in [1.807, 2.05) is 0 Å². The number of nitrogens with zero attached hydrogens (tertiary/aromatic N) is 2. The van der Waals surface area contributed by atoms with E-state index in [1.54, 1.807) is 61.5 Å². The molecule has 1 aromatic heterocycles. The maximum absolute atomic E-state index is 15.0. The van der Waals surface area contributed by atoms with E-state index in [0.717, 1.165) is 42.7 Å². The first-order valence-electron chi connectivity index (χ1n) is 24.6. The zero-order valence-electron chi connectivity index (χ0n) is 40.2. The summed E-state index contributed by atoms with van der Waals surface area (Å²) in [7, 11) is -4.35. The lowest BCUT2D eigenvalue weighted by atomic mass is 9.99. The maximum Gasteiger partial charge on any atom is 0.336 e. The molecule has 0 spiro atoms. The molecular weight excluding hydrogens is 932 g/mol. The zero-order chi connectivity index (χ0) is 49.9. The van der Waals surface area contributed by atoms with Gasteiger partial charge in [-0.2, -0.15) is 0 Å². The molecule has 2 N–H and O–H groups in total. The van der Waals surface area contributed by atoms with Gasteiger partial charge in [0.25, 0.3) is 21.8 Å². The highest BCUT2D eigenvalue weighted by molar-refractivity contribution is 7.92. The van der Waals surface area contributed by atoms with E-state index in [0.29, 0.717) is 16.9 Å². The third-order valence-corrected chi connectivity index (χ3v) is 14.0. The molecule has 4 aromatic carbocycles. The van der Waals surface area contributed by atoms with Crippen LogP contribution >= 0.6 is 11.6 Å². The van der Waals surface area contributed by atoms with E-state index in [4.69, 9.17) is 25.5 Å². The minimum absolute atomic E-state index is 0.00158. The Morgan fingerprint density at radius 1 is 0.714 bits per heavy atom. The number of para-hydroxylation sites is 2. The number of urea groups is 1. The Bertz CT molecular complexity index is 2710. The number of hydrogen-bond donors (Lipinski definition) is 2. The van der Waals surface area contributed by atoms with Crippen molar-refractivity contribution in [1.29, 1.82) is 0 Å². The molecule has 1 aliphatic heterocycles. The normalized spacial score (nSPS) is 14.3. The van der Waals surface area contributed by atoms with Gasteiger partial charge in [0.05, 0.1) is 34.4 Å². The molecule has 0 bridgehead atoms. The topological polar surface area (TPSA) is 182 Å². The van der Waals surface area contributed by atoms with Crippen LogP contribution in [0.5, 0.6) is 5.75 Å². The van der Waals surface area contributed by atoms with Gasteiger partial charge in [-0.15, -0.1) is 0 Å². The molecule has 2 atom stereocenters. The van der Waals surface area contributed by atoms with Gasteiger partial charge in [-0.3, -0.25) is 24.0 Å². The molecule has 70 heavy (non-hydrogen) atoms. The Balaban J connectivity index is 1.23. The SMILES string of the molecule is CCCCCCCCCCCCCCCCCCOc1ccc(S(=O)(=O)Nc2ccccc2Cl)cc1NC(=O)C(C(=O)c1cc(=O)oc2ccccc12)N1C(=O)C(OCC)N(Cc2ccccc2)C1=O. The number of ether oxygens (including phenoxy) is 2. The number of ketones is 1. The largest absolute Gasteiger partial charge is 0.491 e. The number of rotatable bonds is 30. The van der Waals surface area contributed by atoms with Crippen LogP contribution in [0, 0.1) is 0 Å². The molecule has 16 heteroatoms. The van der Waals surface area contributed by atoms with Crippen molar-refractivity contribution in [3.05, 3.63) is 130 Å². The Hall–Kier alpha value is -6.03.